The Kier molecular flexibility index (Phi) is 2.04. The van der Waals surface area contributed by atoms with Crippen LogP contribution in [0.2, 0.25) is 0 Å². The molecule has 5 heteroatoms. The van der Waals surface area contributed by atoms with Gasteiger partial charge in [-0.3, -0.25) is 9.97 Å². The summed E-state index contributed by atoms with van der Waals surface area (Å²) in [5.74, 6) is 0.659. The highest BCUT2D eigenvalue weighted by atomic mass is 16.3. The first-order valence-corrected chi connectivity index (χ1v) is 5.21. The second-order valence-electron chi connectivity index (χ2n) is 3.79. The van der Waals surface area contributed by atoms with Crippen molar-refractivity contribution in [1.82, 2.24) is 19.9 Å². The largest absolute Gasteiger partial charge is 0.492 e. The lowest BCUT2D eigenvalue weighted by atomic mass is 10.2. The van der Waals surface area contributed by atoms with Gasteiger partial charge in [0.1, 0.15) is 5.82 Å². The van der Waals surface area contributed by atoms with Crippen LogP contribution in [0.15, 0.2) is 30.6 Å². The molecule has 3 rings (SSSR count). The van der Waals surface area contributed by atoms with Crippen LogP contribution in [0.4, 0.5) is 0 Å². The zero-order chi connectivity index (χ0) is 11.8. The van der Waals surface area contributed by atoms with E-state index in [0.29, 0.717) is 11.5 Å². The molecule has 0 saturated heterocycles. The SMILES string of the molecule is Cc1[nH]c(-c2ccc3nccnc3c2)nc1O. The van der Waals surface area contributed by atoms with E-state index < -0.39 is 0 Å². The standard InChI is InChI=1S/C12H10N4O/c1-7-12(17)16-11(15-7)8-2-3-9-10(6-8)14-5-4-13-9/h2-6,17H,1H3,(H,15,16). The zero-order valence-electron chi connectivity index (χ0n) is 9.18. The molecule has 1 aromatic carbocycles. The Bertz CT molecular complexity index is 670. The van der Waals surface area contributed by atoms with Gasteiger partial charge in [-0.2, -0.15) is 4.98 Å². The Morgan fingerprint density at radius 3 is 2.59 bits per heavy atom. The van der Waals surface area contributed by atoms with Gasteiger partial charge in [-0.1, -0.05) is 0 Å². The zero-order valence-corrected chi connectivity index (χ0v) is 9.18. The third-order valence-electron chi connectivity index (χ3n) is 2.60. The number of hydrogen-bond acceptors (Lipinski definition) is 4. The Hall–Kier alpha value is -2.43. The fourth-order valence-electron chi connectivity index (χ4n) is 1.70. The Labute approximate surface area is 97.2 Å². The number of aromatic hydroxyl groups is 1. The normalized spacial score (nSPS) is 10.9. The van der Waals surface area contributed by atoms with Gasteiger partial charge in [0.2, 0.25) is 5.88 Å². The summed E-state index contributed by atoms with van der Waals surface area (Å²) in [6, 6.07) is 5.67. The number of H-pyrrole nitrogens is 1. The predicted octanol–water partition coefficient (Wildman–Crippen LogP) is 2.03. The molecule has 0 atom stereocenters. The Balaban J connectivity index is 2.17. The minimum Gasteiger partial charge on any atom is -0.492 e. The summed E-state index contributed by atoms with van der Waals surface area (Å²) in [6.45, 7) is 1.77. The van der Waals surface area contributed by atoms with Crippen molar-refractivity contribution in [3.8, 4) is 17.3 Å². The van der Waals surface area contributed by atoms with E-state index in [9.17, 15) is 5.11 Å². The summed E-state index contributed by atoms with van der Waals surface area (Å²) in [6.07, 6.45) is 3.31. The molecule has 0 spiro atoms. The van der Waals surface area contributed by atoms with Crippen LogP contribution in [0.1, 0.15) is 5.69 Å². The highest BCUT2D eigenvalue weighted by Gasteiger charge is 2.07. The lowest BCUT2D eigenvalue weighted by Crippen LogP contribution is -1.85. The van der Waals surface area contributed by atoms with E-state index >= 15 is 0 Å². The smallest absolute Gasteiger partial charge is 0.232 e. The van der Waals surface area contributed by atoms with E-state index in [1.54, 1.807) is 19.3 Å². The highest BCUT2D eigenvalue weighted by molar-refractivity contribution is 5.79. The average molecular weight is 226 g/mol. The van der Waals surface area contributed by atoms with Gasteiger partial charge < -0.3 is 10.1 Å². The van der Waals surface area contributed by atoms with Gasteiger partial charge in [-0.15, -0.1) is 0 Å². The van der Waals surface area contributed by atoms with Crippen LogP contribution < -0.4 is 0 Å². The summed E-state index contributed by atoms with van der Waals surface area (Å²) in [5.41, 5.74) is 3.17. The fourth-order valence-corrected chi connectivity index (χ4v) is 1.70. The van der Waals surface area contributed by atoms with Gasteiger partial charge in [-0.25, -0.2) is 0 Å². The van der Waals surface area contributed by atoms with Crippen LogP contribution in [0, 0.1) is 6.92 Å². The molecule has 0 saturated carbocycles. The molecule has 84 valence electrons. The van der Waals surface area contributed by atoms with Crippen molar-refractivity contribution in [2.75, 3.05) is 0 Å². The lowest BCUT2D eigenvalue weighted by molar-refractivity contribution is 0.452. The minimum absolute atomic E-state index is 0.0271. The average Bonchev–Trinajstić information content (AvgIpc) is 2.69. The van der Waals surface area contributed by atoms with Crippen molar-refractivity contribution >= 4 is 11.0 Å². The van der Waals surface area contributed by atoms with Gasteiger partial charge in [0, 0.05) is 18.0 Å². The molecule has 0 fully saturated rings. The number of imidazole rings is 1. The summed E-state index contributed by atoms with van der Waals surface area (Å²) in [5, 5.41) is 9.44. The van der Waals surface area contributed by atoms with Crippen LogP contribution in [-0.4, -0.2) is 25.0 Å². The number of nitrogens with zero attached hydrogens (tertiary/aromatic N) is 3. The highest BCUT2D eigenvalue weighted by Crippen LogP contribution is 2.23. The second kappa shape index (κ2) is 3.55. The summed E-state index contributed by atoms with van der Waals surface area (Å²) >= 11 is 0. The molecule has 0 amide bonds. The number of benzene rings is 1. The maximum absolute atomic E-state index is 9.44. The molecular formula is C12H10N4O. The first kappa shape index (κ1) is 9.77. The number of fused-ring (bicyclic) bond motifs is 1. The third-order valence-corrected chi connectivity index (χ3v) is 2.60. The fraction of sp³-hybridized carbons (Fsp3) is 0.0833. The number of aromatic nitrogens is 4. The van der Waals surface area contributed by atoms with Crippen molar-refractivity contribution in [3.05, 3.63) is 36.3 Å². The maximum atomic E-state index is 9.44. The number of hydrogen-bond donors (Lipinski definition) is 2. The van der Waals surface area contributed by atoms with E-state index in [-0.39, 0.29) is 5.88 Å². The minimum atomic E-state index is 0.0271. The molecule has 0 radical (unpaired) electrons. The molecule has 0 aliphatic rings. The van der Waals surface area contributed by atoms with Gasteiger partial charge in [0.05, 0.1) is 16.7 Å². The first-order chi connectivity index (χ1) is 8.24. The molecule has 2 aromatic heterocycles. The lowest BCUT2D eigenvalue weighted by Gasteiger charge is -1.99. The van der Waals surface area contributed by atoms with Crippen LogP contribution in [0.5, 0.6) is 5.88 Å². The van der Waals surface area contributed by atoms with Crippen molar-refractivity contribution < 1.29 is 5.11 Å². The number of aromatic amines is 1. The number of aryl methyl sites for hydroxylation is 1. The van der Waals surface area contributed by atoms with Crippen molar-refractivity contribution in [3.63, 3.8) is 0 Å². The van der Waals surface area contributed by atoms with E-state index in [4.69, 9.17) is 0 Å². The molecule has 2 N–H and O–H groups in total. The number of rotatable bonds is 1. The summed E-state index contributed by atoms with van der Waals surface area (Å²) < 4.78 is 0. The van der Waals surface area contributed by atoms with Crippen LogP contribution in [0.25, 0.3) is 22.4 Å². The van der Waals surface area contributed by atoms with Gasteiger partial charge in [0.25, 0.3) is 0 Å². The predicted molar refractivity (Wildman–Crippen MR) is 63.5 cm³/mol. The molecule has 0 bridgehead atoms. The molecule has 5 nitrogen and oxygen atoms in total. The number of nitrogens with one attached hydrogen (secondary N) is 1. The van der Waals surface area contributed by atoms with Crippen molar-refractivity contribution in [2.24, 2.45) is 0 Å². The second-order valence-corrected chi connectivity index (χ2v) is 3.79. The molecule has 3 aromatic rings. The van der Waals surface area contributed by atoms with E-state index in [0.717, 1.165) is 16.6 Å². The summed E-state index contributed by atoms with van der Waals surface area (Å²) in [4.78, 5) is 15.5. The van der Waals surface area contributed by atoms with E-state index in [2.05, 4.69) is 19.9 Å². The molecular weight excluding hydrogens is 216 g/mol. The molecule has 0 aliphatic heterocycles. The van der Waals surface area contributed by atoms with Crippen molar-refractivity contribution in [2.45, 2.75) is 6.92 Å². The summed E-state index contributed by atoms with van der Waals surface area (Å²) in [7, 11) is 0. The Morgan fingerprint density at radius 1 is 1.12 bits per heavy atom. The quantitative estimate of drug-likeness (QED) is 0.665. The van der Waals surface area contributed by atoms with Gasteiger partial charge in [0.15, 0.2) is 0 Å². The maximum Gasteiger partial charge on any atom is 0.232 e. The third kappa shape index (κ3) is 1.61. The molecule has 0 unspecified atom stereocenters. The monoisotopic (exact) mass is 226 g/mol. The molecule has 2 heterocycles. The van der Waals surface area contributed by atoms with Crippen LogP contribution in [0.3, 0.4) is 0 Å². The van der Waals surface area contributed by atoms with Gasteiger partial charge >= 0.3 is 0 Å². The van der Waals surface area contributed by atoms with Crippen molar-refractivity contribution in [1.29, 1.82) is 0 Å². The molecule has 0 aliphatic carbocycles. The van der Waals surface area contributed by atoms with Crippen LogP contribution >= 0.6 is 0 Å². The van der Waals surface area contributed by atoms with E-state index in [1.807, 2.05) is 18.2 Å². The van der Waals surface area contributed by atoms with Crippen LogP contribution in [-0.2, 0) is 0 Å². The Morgan fingerprint density at radius 2 is 1.88 bits per heavy atom. The topological polar surface area (TPSA) is 74.7 Å². The first-order valence-electron chi connectivity index (χ1n) is 5.21. The van der Waals surface area contributed by atoms with Gasteiger partial charge in [-0.05, 0) is 25.1 Å². The molecule has 17 heavy (non-hydrogen) atoms. The van der Waals surface area contributed by atoms with E-state index in [1.165, 1.54) is 0 Å².